The molecule has 1 aromatic rings. The van der Waals surface area contributed by atoms with Crippen LogP contribution in [0, 0.1) is 5.41 Å². The first-order chi connectivity index (χ1) is 7.43. The fourth-order valence-corrected chi connectivity index (χ4v) is 2.97. The third-order valence-corrected chi connectivity index (χ3v) is 4.26. The van der Waals surface area contributed by atoms with Crippen molar-refractivity contribution in [3.63, 3.8) is 0 Å². The van der Waals surface area contributed by atoms with E-state index < -0.39 is 6.10 Å². The van der Waals surface area contributed by atoms with Crippen LogP contribution in [0.4, 0.5) is 0 Å². The first kappa shape index (κ1) is 13.5. The quantitative estimate of drug-likeness (QED) is 0.455. The summed E-state index contributed by atoms with van der Waals surface area (Å²) < 4.78 is 0.808. The Morgan fingerprint density at radius 2 is 2.12 bits per heavy atom. The van der Waals surface area contributed by atoms with Crippen molar-refractivity contribution in [1.82, 2.24) is 0 Å². The van der Waals surface area contributed by atoms with Gasteiger partial charge in [-0.3, -0.25) is 5.41 Å². The van der Waals surface area contributed by atoms with E-state index in [1.807, 2.05) is 25.1 Å². The maximum absolute atomic E-state index is 9.46. The molecule has 0 radical (unpaired) electrons. The molecule has 4 N–H and O–H groups in total. The van der Waals surface area contributed by atoms with Gasteiger partial charge in [-0.15, -0.1) is 11.8 Å². The molecule has 0 amide bonds. The first-order valence-electron chi connectivity index (χ1n) is 4.91. The minimum absolute atomic E-state index is 0.0350. The molecule has 0 spiro atoms. The molecule has 0 aliphatic rings. The SMILES string of the molecule is CC(O)C(C)Sc1cccc(Br)c1C(=N)N. The Morgan fingerprint density at radius 1 is 1.50 bits per heavy atom. The summed E-state index contributed by atoms with van der Waals surface area (Å²) in [5, 5.41) is 17.1. The van der Waals surface area contributed by atoms with Gasteiger partial charge in [0.25, 0.3) is 0 Å². The molecule has 16 heavy (non-hydrogen) atoms. The number of halogens is 1. The summed E-state index contributed by atoms with van der Waals surface area (Å²) in [5.41, 5.74) is 6.24. The van der Waals surface area contributed by atoms with Gasteiger partial charge in [-0.1, -0.05) is 13.0 Å². The van der Waals surface area contributed by atoms with E-state index in [1.54, 1.807) is 6.92 Å². The Bertz CT molecular complexity index is 396. The number of hydrogen-bond acceptors (Lipinski definition) is 3. The predicted octanol–water partition coefficient (Wildman–Crippen LogP) is 2.59. The zero-order chi connectivity index (χ0) is 12.3. The minimum atomic E-state index is -0.399. The van der Waals surface area contributed by atoms with Crippen LogP contribution in [-0.2, 0) is 0 Å². The lowest BCUT2D eigenvalue weighted by molar-refractivity contribution is 0.196. The largest absolute Gasteiger partial charge is 0.392 e. The predicted molar refractivity (Wildman–Crippen MR) is 72.2 cm³/mol. The van der Waals surface area contributed by atoms with E-state index in [-0.39, 0.29) is 11.1 Å². The van der Waals surface area contributed by atoms with Crippen molar-refractivity contribution >= 4 is 33.5 Å². The molecule has 0 aliphatic carbocycles. The van der Waals surface area contributed by atoms with Crippen molar-refractivity contribution < 1.29 is 5.11 Å². The third-order valence-electron chi connectivity index (χ3n) is 2.24. The van der Waals surface area contributed by atoms with Crippen LogP contribution >= 0.6 is 27.7 Å². The average molecular weight is 303 g/mol. The molecule has 2 unspecified atom stereocenters. The first-order valence-corrected chi connectivity index (χ1v) is 6.58. The number of rotatable bonds is 4. The molecule has 1 aromatic carbocycles. The standard InChI is InChI=1S/C11H15BrN2OS/c1-6(15)7(2)16-9-5-3-4-8(12)10(9)11(13)14/h3-7,15H,1-2H3,(H3,13,14). The van der Waals surface area contributed by atoms with Crippen LogP contribution in [0.3, 0.4) is 0 Å². The molecular weight excluding hydrogens is 288 g/mol. The van der Waals surface area contributed by atoms with Gasteiger partial charge in [-0.25, -0.2) is 0 Å². The van der Waals surface area contributed by atoms with Gasteiger partial charge in [0.05, 0.1) is 6.10 Å². The maximum atomic E-state index is 9.46. The molecule has 0 fully saturated rings. The average Bonchev–Trinajstić information content (AvgIpc) is 2.16. The lowest BCUT2D eigenvalue weighted by atomic mass is 10.2. The van der Waals surface area contributed by atoms with Crippen molar-refractivity contribution in [1.29, 1.82) is 5.41 Å². The fraction of sp³-hybridized carbons (Fsp3) is 0.364. The van der Waals surface area contributed by atoms with E-state index in [2.05, 4.69) is 15.9 Å². The summed E-state index contributed by atoms with van der Waals surface area (Å²) in [7, 11) is 0. The van der Waals surface area contributed by atoms with Gasteiger partial charge in [0, 0.05) is 20.2 Å². The summed E-state index contributed by atoms with van der Waals surface area (Å²) in [4.78, 5) is 0.912. The monoisotopic (exact) mass is 302 g/mol. The number of amidine groups is 1. The number of aliphatic hydroxyl groups is 1. The van der Waals surface area contributed by atoms with Crippen molar-refractivity contribution in [3.05, 3.63) is 28.2 Å². The second kappa shape index (κ2) is 5.70. The molecule has 0 saturated carbocycles. The van der Waals surface area contributed by atoms with E-state index >= 15 is 0 Å². The zero-order valence-corrected chi connectivity index (χ0v) is 11.6. The molecule has 0 saturated heterocycles. The molecule has 0 heterocycles. The number of aliphatic hydroxyl groups excluding tert-OH is 1. The van der Waals surface area contributed by atoms with Gasteiger partial charge in [0.1, 0.15) is 5.84 Å². The normalized spacial score (nSPS) is 14.5. The Labute approximate surface area is 108 Å². The molecular formula is C11H15BrN2OS. The second-order valence-corrected chi connectivity index (χ2v) is 5.86. The van der Waals surface area contributed by atoms with Gasteiger partial charge < -0.3 is 10.8 Å². The highest BCUT2D eigenvalue weighted by Crippen LogP contribution is 2.32. The van der Waals surface area contributed by atoms with Crippen molar-refractivity contribution in [2.24, 2.45) is 5.73 Å². The molecule has 0 aliphatic heterocycles. The molecule has 5 heteroatoms. The summed E-state index contributed by atoms with van der Waals surface area (Å²) in [5.74, 6) is 0.0350. The van der Waals surface area contributed by atoms with Gasteiger partial charge in [0.2, 0.25) is 0 Å². The lowest BCUT2D eigenvalue weighted by Gasteiger charge is -2.16. The van der Waals surface area contributed by atoms with Crippen LogP contribution in [0.5, 0.6) is 0 Å². The summed E-state index contributed by atoms with van der Waals surface area (Å²) in [6.45, 7) is 3.70. The van der Waals surface area contributed by atoms with E-state index in [0.717, 1.165) is 9.37 Å². The molecule has 3 nitrogen and oxygen atoms in total. The molecule has 0 aromatic heterocycles. The Balaban J connectivity index is 3.04. The second-order valence-electron chi connectivity index (χ2n) is 3.59. The van der Waals surface area contributed by atoms with Crippen LogP contribution in [0.25, 0.3) is 0 Å². The van der Waals surface area contributed by atoms with Crippen molar-refractivity contribution in [3.8, 4) is 0 Å². The highest BCUT2D eigenvalue weighted by Gasteiger charge is 2.15. The van der Waals surface area contributed by atoms with Crippen LogP contribution in [0.15, 0.2) is 27.6 Å². The van der Waals surface area contributed by atoms with Crippen LogP contribution < -0.4 is 5.73 Å². The number of benzene rings is 1. The number of nitrogens with one attached hydrogen (secondary N) is 1. The molecule has 2 atom stereocenters. The molecule has 88 valence electrons. The summed E-state index contributed by atoms with van der Waals surface area (Å²) in [6.07, 6.45) is -0.399. The molecule has 0 bridgehead atoms. The highest BCUT2D eigenvalue weighted by molar-refractivity contribution is 9.10. The van der Waals surface area contributed by atoms with Crippen molar-refractivity contribution in [2.45, 2.75) is 30.1 Å². The zero-order valence-electron chi connectivity index (χ0n) is 9.20. The Morgan fingerprint density at radius 3 is 2.62 bits per heavy atom. The topological polar surface area (TPSA) is 70.1 Å². The van der Waals surface area contributed by atoms with E-state index in [9.17, 15) is 5.11 Å². The Kier molecular flexibility index (Phi) is 4.83. The van der Waals surface area contributed by atoms with Gasteiger partial charge in [-0.2, -0.15) is 0 Å². The summed E-state index contributed by atoms with van der Waals surface area (Å²) >= 11 is 4.90. The highest BCUT2D eigenvalue weighted by atomic mass is 79.9. The smallest absolute Gasteiger partial charge is 0.125 e. The van der Waals surface area contributed by atoms with Crippen LogP contribution in [-0.4, -0.2) is 22.3 Å². The summed E-state index contributed by atoms with van der Waals surface area (Å²) in [6, 6.07) is 5.66. The third kappa shape index (κ3) is 3.23. The number of hydrogen-bond donors (Lipinski definition) is 3. The van der Waals surface area contributed by atoms with E-state index in [0.29, 0.717) is 5.56 Å². The van der Waals surface area contributed by atoms with Gasteiger partial charge >= 0.3 is 0 Å². The van der Waals surface area contributed by atoms with E-state index in [1.165, 1.54) is 11.8 Å². The number of nitrogens with two attached hydrogens (primary N) is 1. The minimum Gasteiger partial charge on any atom is -0.392 e. The van der Waals surface area contributed by atoms with Gasteiger partial charge in [-0.05, 0) is 35.0 Å². The van der Waals surface area contributed by atoms with Crippen LogP contribution in [0.2, 0.25) is 0 Å². The lowest BCUT2D eigenvalue weighted by Crippen LogP contribution is -2.17. The maximum Gasteiger partial charge on any atom is 0.125 e. The van der Waals surface area contributed by atoms with Crippen LogP contribution in [0.1, 0.15) is 19.4 Å². The molecule has 1 rings (SSSR count). The van der Waals surface area contributed by atoms with E-state index in [4.69, 9.17) is 11.1 Å². The fourth-order valence-electron chi connectivity index (χ4n) is 1.16. The number of nitrogen functional groups attached to an aromatic ring is 1. The van der Waals surface area contributed by atoms with Gasteiger partial charge in [0.15, 0.2) is 0 Å². The Hall–Kier alpha value is -0.520. The number of thioether (sulfide) groups is 1. The van der Waals surface area contributed by atoms with Crippen molar-refractivity contribution in [2.75, 3.05) is 0 Å².